The third-order valence-electron chi connectivity index (χ3n) is 4.98. The summed E-state index contributed by atoms with van der Waals surface area (Å²) in [4.78, 5) is 36.9. The van der Waals surface area contributed by atoms with E-state index in [0.29, 0.717) is 22.4 Å². The molecule has 0 aliphatic rings. The summed E-state index contributed by atoms with van der Waals surface area (Å²) in [5, 5.41) is 2.77. The Morgan fingerprint density at radius 2 is 0.848 bits per heavy atom. The van der Waals surface area contributed by atoms with Crippen molar-refractivity contribution in [3.05, 3.63) is 126 Å². The Kier molecular flexibility index (Phi) is 6.56. The summed E-state index contributed by atoms with van der Waals surface area (Å²) in [7, 11) is 0. The molecule has 0 fully saturated rings. The van der Waals surface area contributed by atoms with Crippen molar-refractivity contribution in [3.63, 3.8) is 0 Å². The molecule has 0 atom stereocenters. The van der Waals surface area contributed by atoms with E-state index in [2.05, 4.69) is 16.2 Å². The first-order valence-electron chi connectivity index (χ1n) is 10.3. The van der Waals surface area contributed by atoms with Crippen LogP contribution >= 0.6 is 0 Å². The Bertz CT molecular complexity index is 1250. The van der Waals surface area contributed by atoms with E-state index in [9.17, 15) is 14.4 Å². The van der Waals surface area contributed by atoms with E-state index < -0.39 is 11.8 Å². The lowest BCUT2D eigenvalue weighted by Gasteiger charge is -2.09. The van der Waals surface area contributed by atoms with Crippen LogP contribution in [0.3, 0.4) is 0 Å². The first-order valence-corrected chi connectivity index (χ1v) is 10.3. The number of hydrogen-bond donors (Lipinski definition) is 3. The van der Waals surface area contributed by atoms with Gasteiger partial charge in [0.1, 0.15) is 0 Å². The molecule has 0 aliphatic heterocycles. The second-order valence-electron chi connectivity index (χ2n) is 7.25. The molecule has 0 radical (unpaired) electrons. The third kappa shape index (κ3) is 5.51. The van der Waals surface area contributed by atoms with Crippen LogP contribution in [0.5, 0.6) is 0 Å². The van der Waals surface area contributed by atoms with Crippen LogP contribution in [0.4, 0.5) is 5.69 Å². The molecule has 0 unspecified atom stereocenters. The standard InChI is InChI=1S/C27H21N3O3/c31-25(21-9-5-2-6-10-21)28-24-17-15-23(16-18-24)27(33)30-29-26(32)22-13-11-20(12-14-22)19-7-3-1-4-8-19/h1-18H,(H,28,31)(H,29,32)(H,30,33). The van der Waals surface area contributed by atoms with E-state index >= 15 is 0 Å². The summed E-state index contributed by atoms with van der Waals surface area (Å²) in [6, 6.07) is 32.2. The molecular formula is C27H21N3O3. The lowest BCUT2D eigenvalue weighted by molar-refractivity contribution is 0.0846. The maximum Gasteiger partial charge on any atom is 0.269 e. The van der Waals surface area contributed by atoms with Crippen LogP contribution in [0.2, 0.25) is 0 Å². The van der Waals surface area contributed by atoms with Crippen molar-refractivity contribution in [2.24, 2.45) is 0 Å². The zero-order valence-corrected chi connectivity index (χ0v) is 17.6. The van der Waals surface area contributed by atoms with E-state index in [-0.39, 0.29) is 5.91 Å². The minimum Gasteiger partial charge on any atom is -0.322 e. The summed E-state index contributed by atoms with van der Waals surface area (Å²) in [5.74, 6) is -1.13. The number of hydrogen-bond acceptors (Lipinski definition) is 3. The summed E-state index contributed by atoms with van der Waals surface area (Å²) in [6.45, 7) is 0. The molecular weight excluding hydrogens is 414 g/mol. The third-order valence-corrected chi connectivity index (χ3v) is 4.98. The minimum atomic E-state index is -0.467. The Morgan fingerprint density at radius 3 is 1.39 bits per heavy atom. The molecule has 0 spiro atoms. The van der Waals surface area contributed by atoms with Gasteiger partial charge in [-0.05, 0) is 59.7 Å². The smallest absolute Gasteiger partial charge is 0.269 e. The van der Waals surface area contributed by atoms with Crippen LogP contribution in [-0.4, -0.2) is 17.7 Å². The van der Waals surface area contributed by atoms with E-state index in [0.717, 1.165) is 11.1 Å². The lowest BCUT2D eigenvalue weighted by atomic mass is 10.0. The van der Waals surface area contributed by atoms with E-state index in [1.807, 2.05) is 48.5 Å². The maximum absolute atomic E-state index is 12.4. The van der Waals surface area contributed by atoms with Gasteiger partial charge >= 0.3 is 0 Å². The zero-order valence-electron chi connectivity index (χ0n) is 17.6. The first kappa shape index (κ1) is 21.5. The summed E-state index contributed by atoms with van der Waals surface area (Å²) in [5.41, 5.74) is 8.74. The number of rotatable bonds is 5. The molecule has 6 heteroatoms. The molecule has 3 amide bonds. The van der Waals surface area contributed by atoms with Crippen molar-refractivity contribution in [3.8, 4) is 11.1 Å². The number of carbonyl (C=O) groups excluding carboxylic acids is 3. The van der Waals surface area contributed by atoms with Gasteiger partial charge < -0.3 is 5.32 Å². The van der Waals surface area contributed by atoms with Crippen molar-refractivity contribution in [1.82, 2.24) is 10.9 Å². The lowest BCUT2D eigenvalue weighted by Crippen LogP contribution is -2.41. The molecule has 4 aromatic carbocycles. The average Bonchev–Trinajstić information content (AvgIpc) is 2.88. The van der Waals surface area contributed by atoms with Gasteiger partial charge in [-0.15, -0.1) is 0 Å². The molecule has 6 nitrogen and oxygen atoms in total. The van der Waals surface area contributed by atoms with Crippen LogP contribution in [-0.2, 0) is 0 Å². The molecule has 4 aromatic rings. The Balaban J connectivity index is 1.31. The largest absolute Gasteiger partial charge is 0.322 e. The predicted molar refractivity (Wildman–Crippen MR) is 128 cm³/mol. The Hall–Kier alpha value is -4.71. The van der Waals surface area contributed by atoms with Crippen LogP contribution < -0.4 is 16.2 Å². The fraction of sp³-hybridized carbons (Fsp3) is 0. The van der Waals surface area contributed by atoms with Gasteiger partial charge in [0.05, 0.1) is 0 Å². The monoisotopic (exact) mass is 435 g/mol. The number of carbonyl (C=O) groups is 3. The van der Waals surface area contributed by atoms with Crippen molar-refractivity contribution in [1.29, 1.82) is 0 Å². The number of amides is 3. The number of hydrazine groups is 1. The fourth-order valence-electron chi connectivity index (χ4n) is 3.20. The van der Waals surface area contributed by atoms with Crippen LogP contribution in [0.25, 0.3) is 11.1 Å². The predicted octanol–water partition coefficient (Wildman–Crippen LogP) is 4.68. The van der Waals surface area contributed by atoms with E-state index in [4.69, 9.17) is 0 Å². The molecule has 0 heterocycles. The van der Waals surface area contributed by atoms with Gasteiger partial charge in [-0.3, -0.25) is 25.2 Å². The molecule has 0 bridgehead atoms. The summed E-state index contributed by atoms with van der Waals surface area (Å²) < 4.78 is 0. The van der Waals surface area contributed by atoms with Gasteiger partial charge in [0.25, 0.3) is 17.7 Å². The molecule has 0 aromatic heterocycles. The van der Waals surface area contributed by atoms with Gasteiger partial charge in [0.2, 0.25) is 0 Å². The molecule has 4 rings (SSSR count). The second-order valence-corrected chi connectivity index (χ2v) is 7.25. The highest BCUT2D eigenvalue weighted by Gasteiger charge is 2.10. The summed E-state index contributed by atoms with van der Waals surface area (Å²) in [6.07, 6.45) is 0. The van der Waals surface area contributed by atoms with Gasteiger partial charge in [0, 0.05) is 22.4 Å². The zero-order chi connectivity index (χ0) is 23.0. The molecule has 0 saturated carbocycles. The van der Waals surface area contributed by atoms with Crippen LogP contribution in [0, 0.1) is 0 Å². The van der Waals surface area contributed by atoms with Crippen LogP contribution in [0.15, 0.2) is 109 Å². The Morgan fingerprint density at radius 1 is 0.424 bits per heavy atom. The number of nitrogens with one attached hydrogen (secondary N) is 3. The van der Waals surface area contributed by atoms with Gasteiger partial charge in [0.15, 0.2) is 0 Å². The average molecular weight is 435 g/mol. The highest BCUT2D eigenvalue weighted by atomic mass is 16.2. The second kappa shape index (κ2) is 10.1. The van der Waals surface area contributed by atoms with E-state index in [1.165, 1.54) is 0 Å². The van der Waals surface area contributed by atoms with Crippen molar-refractivity contribution in [2.75, 3.05) is 5.32 Å². The fourth-order valence-corrected chi connectivity index (χ4v) is 3.20. The highest BCUT2D eigenvalue weighted by Crippen LogP contribution is 2.19. The molecule has 0 saturated heterocycles. The molecule has 0 aliphatic carbocycles. The van der Waals surface area contributed by atoms with Gasteiger partial charge in [-0.1, -0.05) is 60.7 Å². The summed E-state index contributed by atoms with van der Waals surface area (Å²) >= 11 is 0. The maximum atomic E-state index is 12.4. The molecule has 33 heavy (non-hydrogen) atoms. The van der Waals surface area contributed by atoms with Crippen molar-refractivity contribution >= 4 is 23.4 Å². The van der Waals surface area contributed by atoms with Crippen molar-refractivity contribution < 1.29 is 14.4 Å². The molecule has 162 valence electrons. The topological polar surface area (TPSA) is 87.3 Å². The normalized spacial score (nSPS) is 10.2. The quantitative estimate of drug-likeness (QED) is 0.398. The van der Waals surface area contributed by atoms with Crippen molar-refractivity contribution in [2.45, 2.75) is 0 Å². The highest BCUT2D eigenvalue weighted by molar-refractivity contribution is 6.04. The molecule has 3 N–H and O–H groups in total. The SMILES string of the molecule is O=C(NNC(=O)c1ccc(-c2ccccc2)cc1)c1ccc(NC(=O)c2ccccc2)cc1. The minimum absolute atomic E-state index is 0.238. The van der Waals surface area contributed by atoms with Gasteiger partial charge in [-0.25, -0.2) is 0 Å². The first-order chi connectivity index (χ1) is 16.1. The Labute approximate surface area is 191 Å². The number of anilines is 1. The number of benzene rings is 4. The van der Waals surface area contributed by atoms with E-state index in [1.54, 1.807) is 60.7 Å². The van der Waals surface area contributed by atoms with Crippen LogP contribution in [0.1, 0.15) is 31.1 Å². The van der Waals surface area contributed by atoms with Gasteiger partial charge in [-0.2, -0.15) is 0 Å².